The largest absolute Gasteiger partial charge is 0.330 e. The quantitative estimate of drug-likeness (QED) is 0.463. The van der Waals surface area contributed by atoms with Crippen LogP contribution in [0.1, 0.15) is 33.6 Å². The molecule has 1 unspecified atom stereocenters. The fraction of sp³-hybridized carbons (Fsp3) is 0.294. The molecule has 0 aliphatic carbocycles. The number of carbonyl (C=O) groups is 2. The molecule has 0 bridgehead atoms. The van der Waals surface area contributed by atoms with E-state index in [1.165, 1.54) is 12.1 Å². The minimum Gasteiger partial charge on any atom is -0.330 e. The van der Waals surface area contributed by atoms with Gasteiger partial charge in [-0.1, -0.05) is 6.07 Å². The Balaban J connectivity index is 2.03. The number of hydrogen-bond acceptors (Lipinski definition) is 6. The summed E-state index contributed by atoms with van der Waals surface area (Å²) in [5.41, 5.74) is 11.8. The maximum atomic E-state index is 12.7. The fourth-order valence-corrected chi connectivity index (χ4v) is 3.15. The second kappa shape index (κ2) is 6.58. The molecule has 0 spiro atoms. The molecule has 4 N–H and O–H groups in total. The number of nitrogens with zero attached hydrogens (tertiary/aromatic N) is 2. The van der Waals surface area contributed by atoms with Gasteiger partial charge in [-0.2, -0.15) is 0 Å². The molecule has 3 rings (SSSR count). The van der Waals surface area contributed by atoms with Crippen molar-refractivity contribution in [3.05, 3.63) is 51.6 Å². The Morgan fingerprint density at radius 3 is 2.40 bits per heavy atom. The highest BCUT2D eigenvalue weighted by Crippen LogP contribution is 2.35. The SMILES string of the molecule is NCCC(N)CCN1C(=O)c2cccc3c([N+](=O)[O-])ccc(c23)C1=O. The highest BCUT2D eigenvalue weighted by atomic mass is 16.6. The Morgan fingerprint density at radius 2 is 1.76 bits per heavy atom. The van der Waals surface area contributed by atoms with Gasteiger partial charge in [0.15, 0.2) is 0 Å². The minimum atomic E-state index is -0.518. The molecule has 8 nitrogen and oxygen atoms in total. The van der Waals surface area contributed by atoms with Crippen molar-refractivity contribution in [2.24, 2.45) is 11.5 Å². The molecule has 0 fully saturated rings. The first kappa shape index (κ1) is 17.0. The van der Waals surface area contributed by atoms with Crippen molar-refractivity contribution in [1.82, 2.24) is 4.90 Å². The normalized spacial score (nSPS) is 14.9. The zero-order chi connectivity index (χ0) is 18.1. The summed E-state index contributed by atoms with van der Waals surface area (Å²) in [6, 6.07) is 7.23. The molecule has 0 aromatic heterocycles. The lowest BCUT2D eigenvalue weighted by molar-refractivity contribution is -0.383. The van der Waals surface area contributed by atoms with Crippen LogP contribution in [0.15, 0.2) is 30.3 Å². The smallest absolute Gasteiger partial charge is 0.277 e. The number of rotatable bonds is 6. The van der Waals surface area contributed by atoms with Crippen LogP contribution in [0, 0.1) is 10.1 Å². The lowest BCUT2D eigenvalue weighted by Gasteiger charge is -2.28. The van der Waals surface area contributed by atoms with E-state index in [0.717, 1.165) is 4.90 Å². The van der Waals surface area contributed by atoms with Crippen LogP contribution < -0.4 is 11.5 Å². The lowest BCUT2D eigenvalue weighted by atomic mass is 9.93. The van der Waals surface area contributed by atoms with Crippen LogP contribution in [-0.2, 0) is 0 Å². The molecule has 2 aromatic rings. The van der Waals surface area contributed by atoms with Crippen LogP contribution in [0.25, 0.3) is 10.8 Å². The summed E-state index contributed by atoms with van der Waals surface area (Å²) in [5, 5.41) is 11.8. The Labute approximate surface area is 143 Å². The first-order valence-corrected chi connectivity index (χ1v) is 7.97. The molecule has 2 aromatic carbocycles. The highest BCUT2D eigenvalue weighted by molar-refractivity contribution is 6.26. The molecule has 8 heteroatoms. The van der Waals surface area contributed by atoms with Gasteiger partial charge in [-0.05, 0) is 37.6 Å². The summed E-state index contributed by atoms with van der Waals surface area (Å²) < 4.78 is 0. The molecule has 1 atom stereocenters. The van der Waals surface area contributed by atoms with Gasteiger partial charge < -0.3 is 11.5 Å². The van der Waals surface area contributed by atoms with E-state index in [2.05, 4.69) is 0 Å². The van der Waals surface area contributed by atoms with Gasteiger partial charge in [0.25, 0.3) is 17.5 Å². The lowest BCUT2D eigenvalue weighted by Crippen LogP contribution is -2.42. The van der Waals surface area contributed by atoms with Crippen molar-refractivity contribution in [2.45, 2.75) is 18.9 Å². The van der Waals surface area contributed by atoms with Gasteiger partial charge >= 0.3 is 0 Å². The topological polar surface area (TPSA) is 133 Å². The monoisotopic (exact) mass is 342 g/mol. The van der Waals surface area contributed by atoms with Crippen molar-refractivity contribution < 1.29 is 14.5 Å². The molecule has 0 saturated heterocycles. The average molecular weight is 342 g/mol. The van der Waals surface area contributed by atoms with Crippen molar-refractivity contribution in [3.63, 3.8) is 0 Å². The molecule has 1 heterocycles. The number of hydrogen-bond donors (Lipinski definition) is 2. The van der Waals surface area contributed by atoms with Gasteiger partial charge in [-0.3, -0.25) is 24.6 Å². The predicted octanol–water partition coefficient (Wildman–Crippen LogP) is 1.41. The number of non-ortho nitro benzene ring substituents is 1. The van der Waals surface area contributed by atoms with E-state index in [4.69, 9.17) is 11.5 Å². The molecule has 130 valence electrons. The van der Waals surface area contributed by atoms with Gasteiger partial charge in [0.2, 0.25) is 0 Å². The predicted molar refractivity (Wildman–Crippen MR) is 92.2 cm³/mol. The van der Waals surface area contributed by atoms with Gasteiger partial charge in [-0.25, -0.2) is 0 Å². The van der Waals surface area contributed by atoms with Gasteiger partial charge in [0.05, 0.1) is 10.3 Å². The van der Waals surface area contributed by atoms with Crippen LogP contribution in [0.3, 0.4) is 0 Å². The van der Waals surface area contributed by atoms with E-state index in [1.807, 2.05) is 0 Å². The first-order chi connectivity index (χ1) is 12.0. The number of nitro benzene ring substituents is 1. The third-order valence-electron chi connectivity index (χ3n) is 4.43. The number of amides is 2. The standard InChI is InChI=1S/C17H18N4O4/c18-8-6-10(19)7-9-20-16(22)12-3-1-2-11-14(21(24)25)5-4-13(15(11)12)17(20)23/h1-5,10H,6-9,18-19H2. The van der Waals surface area contributed by atoms with E-state index in [9.17, 15) is 19.7 Å². The van der Waals surface area contributed by atoms with E-state index >= 15 is 0 Å². The number of nitrogens with two attached hydrogens (primary N) is 2. The summed E-state index contributed by atoms with van der Waals surface area (Å²) in [5.74, 6) is -0.910. The summed E-state index contributed by atoms with van der Waals surface area (Å²) in [4.78, 5) is 37.3. The van der Waals surface area contributed by atoms with Crippen molar-refractivity contribution in [3.8, 4) is 0 Å². The van der Waals surface area contributed by atoms with E-state index in [-0.39, 0.29) is 18.3 Å². The Kier molecular flexibility index (Phi) is 4.47. The Morgan fingerprint density at radius 1 is 1.08 bits per heavy atom. The van der Waals surface area contributed by atoms with Crippen molar-refractivity contribution in [1.29, 1.82) is 0 Å². The van der Waals surface area contributed by atoms with Gasteiger partial charge in [-0.15, -0.1) is 0 Å². The fourth-order valence-electron chi connectivity index (χ4n) is 3.15. The molecular formula is C17H18N4O4. The van der Waals surface area contributed by atoms with Crippen LogP contribution in [0.5, 0.6) is 0 Å². The molecule has 25 heavy (non-hydrogen) atoms. The zero-order valence-corrected chi connectivity index (χ0v) is 13.5. The van der Waals surface area contributed by atoms with Gasteiger partial charge in [0.1, 0.15) is 0 Å². The highest BCUT2D eigenvalue weighted by Gasteiger charge is 2.34. The number of carbonyl (C=O) groups excluding carboxylic acids is 2. The van der Waals surface area contributed by atoms with Crippen LogP contribution in [0.4, 0.5) is 5.69 Å². The zero-order valence-electron chi connectivity index (χ0n) is 13.5. The molecular weight excluding hydrogens is 324 g/mol. The summed E-state index contributed by atoms with van der Waals surface area (Å²) in [6.45, 7) is 0.626. The van der Waals surface area contributed by atoms with Crippen LogP contribution in [0.2, 0.25) is 0 Å². The van der Waals surface area contributed by atoms with Gasteiger partial charge in [0, 0.05) is 35.2 Å². The maximum Gasteiger partial charge on any atom is 0.277 e. The van der Waals surface area contributed by atoms with Crippen LogP contribution >= 0.6 is 0 Å². The molecule has 0 radical (unpaired) electrons. The molecule has 1 aliphatic rings. The average Bonchev–Trinajstić information content (AvgIpc) is 2.59. The first-order valence-electron chi connectivity index (χ1n) is 7.97. The second-order valence-electron chi connectivity index (χ2n) is 6.01. The third kappa shape index (κ3) is 2.86. The summed E-state index contributed by atoms with van der Waals surface area (Å²) in [6.07, 6.45) is 1.06. The summed E-state index contributed by atoms with van der Waals surface area (Å²) in [7, 11) is 0. The molecule has 0 saturated carbocycles. The van der Waals surface area contributed by atoms with E-state index in [0.29, 0.717) is 41.3 Å². The third-order valence-corrected chi connectivity index (χ3v) is 4.43. The number of benzene rings is 2. The molecule has 1 aliphatic heterocycles. The van der Waals surface area contributed by atoms with Crippen molar-refractivity contribution >= 4 is 28.3 Å². The Hall–Kier alpha value is -2.84. The molecule has 2 amide bonds. The number of nitro groups is 1. The van der Waals surface area contributed by atoms with E-state index in [1.54, 1.807) is 18.2 Å². The van der Waals surface area contributed by atoms with Crippen LogP contribution in [-0.4, -0.2) is 40.8 Å². The maximum absolute atomic E-state index is 12.7. The minimum absolute atomic E-state index is 0.125. The van der Waals surface area contributed by atoms with Crippen molar-refractivity contribution in [2.75, 3.05) is 13.1 Å². The number of imide groups is 1. The van der Waals surface area contributed by atoms with E-state index < -0.39 is 16.7 Å². The Bertz CT molecular complexity index is 858. The second-order valence-corrected chi connectivity index (χ2v) is 6.01. The summed E-state index contributed by atoms with van der Waals surface area (Å²) >= 11 is 0.